The van der Waals surface area contributed by atoms with Crippen molar-refractivity contribution in [2.45, 2.75) is 32.8 Å². The summed E-state index contributed by atoms with van der Waals surface area (Å²) in [7, 11) is 0. The molecule has 0 saturated heterocycles. The van der Waals surface area contributed by atoms with Crippen molar-refractivity contribution in [3.05, 3.63) is 33.6 Å². The first kappa shape index (κ1) is 11.8. The third kappa shape index (κ3) is 1.85. The van der Waals surface area contributed by atoms with Crippen LogP contribution in [0.2, 0.25) is 0 Å². The number of nitro groups is 1. The lowest BCUT2D eigenvalue weighted by molar-refractivity contribution is -0.387. The highest BCUT2D eigenvalue weighted by Crippen LogP contribution is 2.41. The monoisotopic (exact) mass is 239 g/mol. The smallest absolute Gasteiger partial charge is 0.305 e. The number of fused-ring (bicyclic) bond motifs is 1. The van der Waals surface area contributed by atoms with Gasteiger partial charge in [-0.05, 0) is 12.8 Å². The molecule has 0 aromatic heterocycles. The number of benzene rings is 1. The Bertz CT molecular complexity index is 487. The van der Waals surface area contributed by atoms with Crippen LogP contribution in [0.25, 0.3) is 0 Å². The summed E-state index contributed by atoms with van der Waals surface area (Å²) in [5.74, 6) is -0.178. The van der Waals surface area contributed by atoms with E-state index in [1.807, 2.05) is 20.8 Å². The van der Waals surface area contributed by atoms with E-state index >= 15 is 0 Å². The first-order chi connectivity index (χ1) is 7.83. The van der Waals surface area contributed by atoms with Crippen LogP contribution < -0.4 is 4.74 Å². The van der Waals surface area contributed by atoms with E-state index in [1.165, 1.54) is 6.07 Å². The van der Waals surface area contributed by atoms with Crippen molar-refractivity contribution in [1.82, 2.24) is 0 Å². The Morgan fingerprint density at radius 1 is 1.53 bits per heavy atom. The molecular weight excluding hydrogens is 225 g/mol. The fourth-order valence-corrected chi connectivity index (χ4v) is 1.95. The highest BCUT2D eigenvalue weighted by atomic mass is 19.1. The molecule has 1 atom stereocenters. The lowest BCUT2D eigenvalue weighted by atomic mass is 9.88. The summed E-state index contributed by atoms with van der Waals surface area (Å²) in [6.45, 7) is 5.95. The van der Waals surface area contributed by atoms with E-state index in [2.05, 4.69) is 0 Å². The van der Waals surface area contributed by atoms with Gasteiger partial charge >= 0.3 is 5.69 Å². The molecule has 0 amide bonds. The van der Waals surface area contributed by atoms with Gasteiger partial charge < -0.3 is 4.74 Å². The SMILES string of the molecule is CC(C)C1(C)Cc2cc([N+](=O)[O-])c(F)cc2O1. The molecule has 92 valence electrons. The molecule has 2 rings (SSSR count). The molecule has 0 fully saturated rings. The molecule has 1 aliphatic heterocycles. The summed E-state index contributed by atoms with van der Waals surface area (Å²) in [4.78, 5) is 9.93. The molecule has 0 N–H and O–H groups in total. The van der Waals surface area contributed by atoms with Crippen LogP contribution in [0.4, 0.5) is 10.1 Å². The van der Waals surface area contributed by atoms with Crippen molar-refractivity contribution in [3.8, 4) is 5.75 Å². The zero-order chi connectivity index (χ0) is 12.8. The largest absolute Gasteiger partial charge is 0.487 e. The molecule has 0 bridgehead atoms. The summed E-state index contributed by atoms with van der Waals surface area (Å²) >= 11 is 0. The van der Waals surface area contributed by atoms with Crippen molar-refractivity contribution in [1.29, 1.82) is 0 Å². The highest BCUT2D eigenvalue weighted by molar-refractivity contribution is 5.48. The third-order valence-corrected chi connectivity index (χ3v) is 3.43. The maximum Gasteiger partial charge on any atom is 0.305 e. The van der Waals surface area contributed by atoms with Gasteiger partial charge in [0.25, 0.3) is 0 Å². The van der Waals surface area contributed by atoms with Gasteiger partial charge in [0.2, 0.25) is 5.82 Å². The van der Waals surface area contributed by atoms with Crippen molar-refractivity contribution in [2.75, 3.05) is 0 Å². The quantitative estimate of drug-likeness (QED) is 0.588. The number of nitro benzene ring substituents is 1. The van der Waals surface area contributed by atoms with E-state index in [-0.39, 0.29) is 5.92 Å². The minimum absolute atomic E-state index is 0.247. The average Bonchev–Trinajstić information content (AvgIpc) is 2.53. The second kappa shape index (κ2) is 3.68. The van der Waals surface area contributed by atoms with Gasteiger partial charge in [-0.25, -0.2) is 0 Å². The Labute approximate surface area is 98.5 Å². The summed E-state index contributed by atoms with van der Waals surface area (Å²) in [6.07, 6.45) is 0.571. The van der Waals surface area contributed by atoms with Gasteiger partial charge in [0.15, 0.2) is 0 Å². The zero-order valence-corrected chi connectivity index (χ0v) is 9.99. The molecule has 0 spiro atoms. The number of nitrogens with zero attached hydrogens (tertiary/aromatic N) is 1. The molecule has 17 heavy (non-hydrogen) atoms. The standard InChI is InChI=1S/C12H14FNO3/c1-7(2)12(3)6-8-4-10(14(15)16)9(13)5-11(8)17-12/h4-5,7H,6H2,1-3H3. The van der Waals surface area contributed by atoms with E-state index in [9.17, 15) is 14.5 Å². The topological polar surface area (TPSA) is 52.4 Å². The Hall–Kier alpha value is -1.65. The predicted octanol–water partition coefficient (Wildman–Crippen LogP) is 3.08. The Balaban J connectivity index is 2.43. The molecule has 1 aromatic carbocycles. The molecule has 0 saturated carbocycles. The van der Waals surface area contributed by atoms with Crippen LogP contribution in [0.1, 0.15) is 26.3 Å². The number of ether oxygens (including phenoxy) is 1. The van der Waals surface area contributed by atoms with Crippen molar-refractivity contribution in [2.24, 2.45) is 5.92 Å². The maximum absolute atomic E-state index is 13.4. The molecule has 5 heteroatoms. The number of hydrogen-bond donors (Lipinski definition) is 0. The van der Waals surface area contributed by atoms with Crippen molar-refractivity contribution < 1.29 is 14.1 Å². The first-order valence-corrected chi connectivity index (χ1v) is 5.49. The zero-order valence-electron chi connectivity index (χ0n) is 9.99. The van der Waals surface area contributed by atoms with Gasteiger partial charge in [-0.1, -0.05) is 13.8 Å². The van der Waals surface area contributed by atoms with Gasteiger partial charge in [-0.3, -0.25) is 10.1 Å². The predicted molar refractivity (Wildman–Crippen MR) is 60.6 cm³/mol. The minimum atomic E-state index is -0.846. The van der Waals surface area contributed by atoms with Gasteiger partial charge in [0.05, 0.1) is 4.92 Å². The van der Waals surface area contributed by atoms with Crippen molar-refractivity contribution >= 4 is 5.69 Å². The van der Waals surface area contributed by atoms with Crippen LogP contribution in [-0.2, 0) is 6.42 Å². The molecule has 4 nitrogen and oxygen atoms in total. The highest BCUT2D eigenvalue weighted by Gasteiger charge is 2.39. The second-order valence-electron chi connectivity index (χ2n) is 4.91. The molecule has 0 radical (unpaired) electrons. The first-order valence-electron chi connectivity index (χ1n) is 5.49. The third-order valence-electron chi connectivity index (χ3n) is 3.43. The summed E-state index contributed by atoms with van der Waals surface area (Å²) in [5.41, 5.74) is -0.195. The molecule has 1 aromatic rings. The lowest BCUT2D eigenvalue weighted by Gasteiger charge is -2.28. The molecule has 1 unspecified atom stereocenters. The van der Waals surface area contributed by atoms with Gasteiger partial charge in [-0.15, -0.1) is 0 Å². The number of rotatable bonds is 2. The van der Waals surface area contributed by atoms with E-state index < -0.39 is 22.0 Å². The normalized spacial score (nSPS) is 22.4. The van der Waals surface area contributed by atoms with Crippen LogP contribution in [-0.4, -0.2) is 10.5 Å². The maximum atomic E-state index is 13.4. The summed E-state index contributed by atoms with van der Waals surface area (Å²) in [5, 5.41) is 10.6. The minimum Gasteiger partial charge on any atom is -0.487 e. The fourth-order valence-electron chi connectivity index (χ4n) is 1.95. The Kier molecular flexibility index (Phi) is 2.56. The summed E-state index contributed by atoms with van der Waals surface area (Å²) < 4.78 is 19.1. The second-order valence-corrected chi connectivity index (χ2v) is 4.91. The van der Waals surface area contributed by atoms with E-state index in [4.69, 9.17) is 4.74 Å². The van der Waals surface area contributed by atoms with Crippen LogP contribution >= 0.6 is 0 Å². The van der Waals surface area contributed by atoms with Crippen LogP contribution in [0, 0.1) is 21.8 Å². The van der Waals surface area contributed by atoms with Crippen LogP contribution in [0.5, 0.6) is 5.75 Å². The van der Waals surface area contributed by atoms with E-state index in [1.54, 1.807) is 0 Å². The van der Waals surface area contributed by atoms with E-state index in [0.29, 0.717) is 17.7 Å². The van der Waals surface area contributed by atoms with Crippen LogP contribution in [0.15, 0.2) is 12.1 Å². The van der Waals surface area contributed by atoms with Gasteiger partial charge in [0, 0.05) is 24.1 Å². The van der Waals surface area contributed by atoms with E-state index in [0.717, 1.165) is 6.07 Å². The molecule has 0 aliphatic carbocycles. The van der Waals surface area contributed by atoms with Crippen molar-refractivity contribution in [3.63, 3.8) is 0 Å². The Morgan fingerprint density at radius 3 is 2.71 bits per heavy atom. The van der Waals surface area contributed by atoms with Gasteiger partial charge in [0.1, 0.15) is 11.4 Å². The number of hydrogen-bond acceptors (Lipinski definition) is 3. The molecular formula is C12H14FNO3. The lowest BCUT2D eigenvalue weighted by Crippen LogP contribution is -2.36. The summed E-state index contributed by atoms with van der Waals surface area (Å²) in [6, 6.07) is 2.39. The fraction of sp³-hybridized carbons (Fsp3) is 0.500. The average molecular weight is 239 g/mol. The molecule has 1 heterocycles. The Morgan fingerprint density at radius 2 is 2.18 bits per heavy atom. The molecule has 1 aliphatic rings. The van der Waals surface area contributed by atoms with Crippen LogP contribution in [0.3, 0.4) is 0 Å². The number of halogens is 1. The van der Waals surface area contributed by atoms with Gasteiger partial charge in [-0.2, -0.15) is 4.39 Å².